The van der Waals surface area contributed by atoms with Gasteiger partial charge in [0, 0.05) is 83.7 Å². The Morgan fingerprint density at radius 2 is 1.60 bits per heavy atom. The number of aliphatic imine (C=N–C) groups is 1. The summed E-state index contributed by atoms with van der Waals surface area (Å²) < 4.78 is 12.4. The molecule has 6 rings (SSSR count). The van der Waals surface area contributed by atoms with Crippen LogP contribution in [0.1, 0.15) is 57.6 Å². The second kappa shape index (κ2) is 13.2. The second-order valence-electron chi connectivity index (χ2n) is 11.8. The highest BCUT2D eigenvalue weighted by molar-refractivity contribution is 6.02. The molecule has 10 heteroatoms. The number of nitro benzene ring substituents is 1. The topological polar surface area (TPSA) is 118 Å². The van der Waals surface area contributed by atoms with Crippen LogP contribution in [0.5, 0.6) is 17.2 Å². The van der Waals surface area contributed by atoms with Gasteiger partial charge in [-0.3, -0.25) is 19.9 Å². The monoisotopic (exact) mass is 645 g/mol. The SMILES string of the molecule is C=CCOc1ccc([N+](=O)[O-])cc1C=NCCN1C(=O)c2ccccc2C12c1cc(C)c(NCC)cc1Oc1cc(NCC)c(C)cc12. The van der Waals surface area contributed by atoms with Crippen LogP contribution in [-0.2, 0) is 5.54 Å². The molecule has 0 aliphatic carbocycles. The van der Waals surface area contributed by atoms with Gasteiger partial charge in [0.25, 0.3) is 11.6 Å². The van der Waals surface area contributed by atoms with E-state index in [2.05, 4.69) is 62.0 Å². The molecule has 0 saturated heterocycles. The summed E-state index contributed by atoms with van der Waals surface area (Å²) in [5, 5.41) is 18.4. The number of carbonyl (C=O) groups is 1. The van der Waals surface area contributed by atoms with Crippen molar-refractivity contribution in [1.82, 2.24) is 4.90 Å². The van der Waals surface area contributed by atoms with Crippen molar-refractivity contribution in [1.29, 1.82) is 0 Å². The number of amides is 1. The van der Waals surface area contributed by atoms with Gasteiger partial charge in [-0.15, -0.1) is 0 Å². The summed E-state index contributed by atoms with van der Waals surface area (Å²) in [7, 11) is 0. The first-order chi connectivity index (χ1) is 23.2. The van der Waals surface area contributed by atoms with E-state index in [4.69, 9.17) is 9.47 Å². The zero-order valence-corrected chi connectivity index (χ0v) is 27.6. The predicted molar refractivity (Wildman–Crippen MR) is 189 cm³/mol. The summed E-state index contributed by atoms with van der Waals surface area (Å²) in [5.74, 6) is 1.70. The molecule has 0 fully saturated rings. The molecule has 2 N–H and O–H groups in total. The van der Waals surface area contributed by atoms with Crippen LogP contribution in [0.15, 0.2) is 84.4 Å². The summed E-state index contributed by atoms with van der Waals surface area (Å²) in [6.45, 7) is 14.2. The molecule has 0 atom stereocenters. The number of ether oxygens (including phenoxy) is 2. The maximum absolute atomic E-state index is 14.5. The molecule has 246 valence electrons. The summed E-state index contributed by atoms with van der Waals surface area (Å²) in [6.07, 6.45) is 3.17. The zero-order valence-electron chi connectivity index (χ0n) is 27.6. The average Bonchev–Trinajstić information content (AvgIpc) is 3.32. The van der Waals surface area contributed by atoms with Crippen LogP contribution in [0.25, 0.3) is 0 Å². The Kier molecular flexibility index (Phi) is 8.90. The van der Waals surface area contributed by atoms with Gasteiger partial charge < -0.3 is 25.0 Å². The highest BCUT2D eigenvalue weighted by Gasteiger charge is 2.56. The molecule has 0 radical (unpaired) electrons. The van der Waals surface area contributed by atoms with Gasteiger partial charge in [-0.2, -0.15) is 0 Å². The van der Waals surface area contributed by atoms with Crippen molar-refractivity contribution in [3.8, 4) is 17.2 Å². The fraction of sp³-hybridized carbons (Fsp3) is 0.263. The largest absolute Gasteiger partial charge is 0.489 e. The molecule has 0 bridgehead atoms. The number of nitrogens with one attached hydrogen (secondary N) is 2. The summed E-state index contributed by atoms with van der Waals surface area (Å²) in [5.41, 5.74) is 6.70. The molecule has 10 nitrogen and oxygen atoms in total. The van der Waals surface area contributed by atoms with E-state index in [-0.39, 0.29) is 31.3 Å². The first-order valence-corrected chi connectivity index (χ1v) is 16.1. The van der Waals surface area contributed by atoms with E-state index in [9.17, 15) is 14.9 Å². The van der Waals surface area contributed by atoms with Crippen molar-refractivity contribution in [2.24, 2.45) is 4.99 Å². The van der Waals surface area contributed by atoms with Crippen molar-refractivity contribution < 1.29 is 19.2 Å². The molecule has 2 heterocycles. The number of aryl methyl sites for hydroxylation is 2. The molecule has 48 heavy (non-hydrogen) atoms. The van der Waals surface area contributed by atoms with Gasteiger partial charge in [0.05, 0.1) is 11.5 Å². The highest BCUT2D eigenvalue weighted by Crippen LogP contribution is 2.58. The Balaban J connectivity index is 1.49. The van der Waals surface area contributed by atoms with Gasteiger partial charge in [0.2, 0.25) is 0 Å². The smallest absolute Gasteiger partial charge is 0.270 e. The lowest BCUT2D eigenvalue weighted by molar-refractivity contribution is -0.384. The van der Waals surface area contributed by atoms with Gasteiger partial charge in [-0.25, -0.2) is 0 Å². The van der Waals surface area contributed by atoms with E-state index in [1.165, 1.54) is 12.1 Å². The lowest BCUT2D eigenvalue weighted by atomic mass is 9.73. The predicted octanol–water partition coefficient (Wildman–Crippen LogP) is 7.61. The first kappa shape index (κ1) is 32.3. The first-order valence-electron chi connectivity index (χ1n) is 16.1. The van der Waals surface area contributed by atoms with Crippen LogP contribution in [0.3, 0.4) is 0 Å². The van der Waals surface area contributed by atoms with Gasteiger partial charge in [-0.1, -0.05) is 30.9 Å². The lowest BCUT2D eigenvalue weighted by Crippen LogP contribution is -2.48. The number of hydrogen-bond donors (Lipinski definition) is 2. The number of fused-ring (bicyclic) bond motifs is 6. The molecule has 4 aromatic carbocycles. The molecular weight excluding hydrogens is 606 g/mol. The van der Waals surface area contributed by atoms with E-state index in [1.54, 1.807) is 18.4 Å². The number of rotatable bonds is 12. The van der Waals surface area contributed by atoms with Gasteiger partial charge >= 0.3 is 0 Å². The third-order valence-corrected chi connectivity index (χ3v) is 8.83. The number of hydrogen-bond acceptors (Lipinski definition) is 8. The molecule has 0 unspecified atom stereocenters. The number of nitro groups is 1. The summed E-state index contributed by atoms with van der Waals surface area (Å²) in [6, 6.07) is 20.5. The zero-order chi connectivity index (χ0) is 34.0. The van der Waals surface area contributed by atoms with Gasteiger partial charge in [0.1, 0.15) is 29.4 Å². The highest BCUT2D eigenvalue weighted by atomic mass is 16.6. The Labute approximate surface area is 280 Å². The van der Waals surface area contributed by atoms with Gasteiger partial charge in [-0.05, 0) is 68.7 Å². The second-order valence-corrected chi connectivity index (χ2v) is 11.8. The number of benzene rings is 4. The molecular formula is C38H39N5O5. The molecule has 4 aromatic rings. The third-order valence-electron chi connectivity index (χ3n) is 8.83. The molecule has 0 saturated carbocycles. The quantitative estimate of drug-likeness (QED) is 0.0705. The van der Waals surface area contributed by atoms with Crippen LogP contribution in [-0.4, -0.2) is 54.7 Å². The Hall–Kier alpha value is -5.64. The number of nitrogens with zero attached hydrogens (tertiary/aromatic N) is 3. The van der Waals surface area contributed by atoms with Crippen LogP contribution in [0.4, 0.5) is 17.1 Å². The molecule has 2 aliphatic heterocycles. The number of anilines is 2. The van der Waals surface area contributed by atoms with Crippen LogP contribution in [0.2, 0.25) is 0 Å². The molecule has 1 spiro atoms. The van der Waals surface area contributed by atoms with Gasteiger partial charge in [0.15, 0.2) is 0 Å². The molecule has 1 amide bonds. The van der Waals surface area contributed by atoms with Crippen molar-refractivity contribution in [3.63, 3.8) is 0 Å². The number of carbonyl (C=O) groups excluding carboxylic acids is 1. The standard InChI is InChI=1S/C38H39N5O5/c1-6-17-47-34-14-13-27(43(45)46)20-26(34)23-39-15-16-42-37(44)28-11-9-10-12-29(28)38(42)30-18-24(4)32(40-7-2)21-35(30)48-36-22-33(41-8-3)25(5)19-31(36)38/h6,9-14,18-23,40-41H,1,7-8,15-17H2,2-5H3. The third kappa shape index (κ3) is 5.42. The van der Waals surface area contributed by atoms with Crippen molar-refractivity contribution >= 4 is 29.2 Å². The molecule has 0 aromatic heterocycles. The molecule has 2 aliphatic rings. The van der Waals surface area contributed by atoms with Crippen LogP contribution in [0, 0.1) is 24.0 Å². The maximum atomic E-state index is 14.5. The lowest BCUT2D eigenvalue weighted by Gasteiger charge is -2.44. The van der Waals surface area contributed by atoms with Crippen LogP contribution >= 0.6 is 0 Å². The van der Waals surface area contributed by atoms with E-state index >= 15 is 0 Å². The van der Waals surface area contributed by atoms with E-state index < -0.39 is 10.5 Å². The van der Waals surface area contributed by atoms with Crippen molar-refractivity contribution in [2.75, 3.05) is 43.4 Å². The minimum Gasteiger partial charge on any atom is -0.489 e. The summed E-state index contributed by atoms with van der Waals surface area (Å²) in [4.78, 5) is 32.1. The average molecular weight is 646 g/mol. The summed E-state index contributed by atoms with van der Waals surface area (Å²) >= 11 is 0. The number of non-ortho nitro benzene ring substituents is 1. The fourth-order valence-electron chi connectivity index (χ4n) is 6.77. The van der Waals surface area contributed by atoms with Crippen LogP contribution < -0.4 is 20.1 Å². The Morgan fingerprint density at radius 3 is 2.21 bits per heavy atom. The van der Waals surface area contributed by atoms with Crippen molar-refractivity contribution in [2.45, 2.75) is 33.2 Å². The maximum Gasteiger partial charge on any atom is 0.270 e. The normalized spacial score (nSPS) is 13.9. The van der Waals surface area contributed by atoms with E-state index in [0.29, 0.717) is 28.4 Å². The van der Waals surface area contributed by atoms with Crippen molar-refractivity contribution in [3.05, 3.63) is 128 Å². The van der Waals surface area contributed by atoms with E-state index in [1.807, 2.05) is 41.3 Å². The minimum absolute atomic E-state index is 0.0680. The fourth-order valence-corrected chi connectivity index (χ4v) is 6.77. The Morgan fingerprint density at radius 1 is 0.958 bits per heavy atom. The minimum atomic E-state index is -0.985. The van der Waals surface area contributed by atoms with E-state index in [0.717, 1.165) is 52.3 Å². The Bertz CT molecular complexity index is 1890.